The van der Waals surface area contributed by atoms with Crippen molar-refractivity contribution in [3.63, 3.8) is 0 Å². The molecule has 5 nitrogen and oxygen atoms in total. The minimum Gasteiger partial charge on any atom is -0.424 e. The van der Waals surface area contributed by atoms with Crippen LogP contribution in [0.25, 0.3) is 0 Å². The number of hydrogen-bond donors (Lipinski definition) is 0. The van der Waals surface area contributed by atoms with Gasteiger partial charge in [-0.2, -0.15) is 0 Å². The van der Waals surface area contributed by atoms with Crippen LogP contribution in [0.2, 0.25) is 0 Å². The Morgan fingerprint density at radius 2 is 1.88 bits per heavy atom. The molecule has 0 aliphatic heterocycles. The monoisotopic (exact) mass is 263 g/mol. The Hall–Kier alpha value is -1.33. The topological polar surface area (TPSA) is 69.4 Å². The molecule has 0 unspecified atom stereocenters. The quantitative estimate of drug-likeness (QED) is 0.276. The first-order valence-electron chi connectivity index (χ1n) is 4.15. The lowest BCUT2D eigenvalue weighted by Crippen LogP contribution is -2.27. The molecule has 1 aromatic carbocycles. The van der Waals surface area contributed by atoms with E-state index < -0.39 is 15.2 Å². The second kappa shape index (κ2) is 4.67. The van der Waals surface area contributed by atoms with Gasteiger partial charge in [-0.05, 0) is 19.1 Å². The summed E-state index contributed by atoms with van der Waals surface area (Å²) < 4.78 is 3.14. The van der Waals surface area contributed by atoms with E-state index in [0.717, 1.165) is 0 Å². The molecule has 0 bridgehead atoms. The van der Waals surface area contributed by atoms with E-state index in [1.807, 2.05) is 0 Å². The van der Waals surface area contributed by atoms with Crippen LogP contribution in [-0.2, 0) is 4.79 Å². The van der Waals surface area contributed by atoms with Gasteiger partial charge in [0.05, 0.1) is 4.92 Å². The SMILES string of the molecule is CC(Cl)(Cl)C(=O)Oc1ccc([N+](=O)[O-])cc1. The zero-order chi connectivity index (χ0) is 12.3. The lowest BCUT2D eigenvalue weighted by atomic mass is 10.3. The van der Waals surface area contributed by atoms with Gasteiger partial charge in [0, 0.05) is 12.1 Å². The van der Waals surface area contributed by atoms with Gasteiger partial charge in [0.15, 0.2) is 0 Å². The van der Waals surface area contributed by atoms with E-state index in [1.165, 1.54) is 31.2 Å². The van der Waals surface area contributed by atoms with Crippen LogP contribution in [0.3, 0.4) is 0 Å². The van der Waals surface area contributed by atoms with Crippen molar-refractivity contribution in [3.8, 4) is 5.75 Å². The minimum atomic E-state index is -1.65. The Kier molecular flexibility index (Phi) is 3.72. The number of benzene rings is 1. The van der Waals surface area contributed by atoms with Gasteiger partial charge in [-0.1, -0.05) is 23.2 Å². The van der Waals surface area contributed by atoms with Gasteiger partial charge in [0.1, 0.15) is 5.75 Å². The summed E-state index contributed by atoms with van der Waals surface area (Å²) in [6, 6.07) is 5.00. The fourth-order valence-corrected chi connectivity index (χ4v) is 0.910. The average Bonchev–Trinajstić information content (AvgIpc) is 2.17. The Labute approximate surface area is 101 Å². The van der Waals surface area contributed by atoms with Crippen molar-refractivity contribution in [2.45, 2.75) is 11.3 Å². The average molecular weight is 264 g/mol. The largest absolute Gasteiger partial charge is 0.424 e. The maximum absolute atomic E-state index is 11.2. The molecule has 0 N–H and O–H groups in total. The lowest BCUT2D eigenvalue weighted by Gasteiger charge is -2.11. The number of hydrogen-bond acceptors (Lipinski definition) is 4. The molecule has 0 amide bonds. The number of ether oxygens (including phenoxy) is 1. The van der Waals surface area contributed by atoms with Crippen LogP contribution in [0.4, 0.5) is 5.69 Å². The summed E-state index contributed by atoms with van der Waals surface area (Å²) in [5.74, 6) is -0.701. The number of nitro groups is 1. The Morgan fingerprint density at radius 1 is 1.38 bits per heavy atom. The van der Waals surface area contributed by atoms with Crippen molar-refractivity contribution < 1.29 is 14.5 Å². The number of nitro benzene ring substituents is 1. The van der Waals surface area contributed by atoms with Crippen molar-refractivity contribution >= 4 is 34.9 Å². The summed E-state index contributed by atoms with van der Waals surface area (Å²) in [4.78, 5) is 21.0. The van der Waals surface area contributed by atoms with Crippen LogP contribution in [0.1, 0.15) is 6.92 Å². The third-order valence-corrected chi connectivity index (χ3v) is 1.93. The maximum atomic E-state index is 11.2. The number of nitrogens with zero attached hydrogens (tertiary/aromatic N) is 1. The van der Waals surface area contributed by atoms with Crippen LogP contribution in [-0.4, -0.2) is 15.2 Å². The van der Waals surface area contributed by atoms with Gasteiger partial charge < -0.3 is 4.74 Å². The summed E-state index contributed by atoms with van der Waals surface area (Å²) in [7, 11) is 0. The normalized spacial score (nSPS) is 10.9. The number of alkyl halides is 2. The minimum absolute atomic E-state index is 0.0979. The molecule has 0 fully saturated rings. The van der Waals surface area contributed by atoms with E-state index in [-0.39, 0.29) is 11.4 Å². The molecule has 1 rings (SSSR count). The predicted molar refractivity (Wildman–Crippen MR) is 58.8 cm³/mol. The number of non-ortho nitro benzene ring substituents is 1. The van der Waals surface area contributed by atoms with Crippen molar-refractivity contribution in [2.24, 2.45) is 0 Å². The van der Waals surface area contributed by atoms with E-state index >= 15 is 0 Å². The first-order valence-corrected chi connectivity index (χ1v) is 4.91. The highest BCUT2D eigenvalue weighted by molar-refractivity contribution is 6.57. The van der Waals surface area contributed by atoms with Gasteiger partial charge in [-0.25, -0.2) is 4.79 Å². The standard InChI is InChI=1S/C9H7Cl2NO4/c1-9(10,11)8(13)16-7-4-2-6(3-5-7)12(14)15/h2-5H,1H3. The number of halogens is 2. The van der Waals surface area contributed by atoms with Crippen LogP contribution >= 0.6 is 23.2 Å². The summed E-state index contributed by atoms with van der Waals surface area (Å²) in [6.45, 7) is 1.27. The van der Waals surface area contributed by atoms with Crippen molar-refractivity contribution in [1.29, 1.82) is 0 Å². The Morgan fingerprint density at radius 3 is 2.25 bits per heavy atom. The zero-order valence-corrected chi connectivity index (χ0v) is 9.66. The highest BCUT2D eigenvalue weighted by Gasteiger charge is 2.29. The molecule has 0 heterocycles. The summed E-state index contributed by atoms with van der Waals surface area (Å²) in [5, 5.41) is 10.3. The smallest absolute Gasteiger partial charge is 0.347 e. The molecular formula is C9H7Cl2NO4. The second-order valence-corrected chi connectivity index (χ2v) is 4.73. The van der Waals surface area contributed by atoms with Gasteiger partial charge in [0.25, 0.3) is 5.69 Å². The Bertz CT molecular complexity index is 411. The van der Waals surface area contributed by atoms with E-state index in [1.54, 1.807) is 0 Å². The van der Waals surface area contributed by atoms with E-state index in [9.17, 15) is 14.9 Å². The van der Waals surface area contributed by atoms with Crippen LogP contribution < -0.4 is 4.74 Å². The Balaban J connectivity index is 2.77. The van der Waals surface area contributed by atoms with Crippen molar-refractivity contribution in [3.05, 3.63) is 34.4 Å². The van der Waals surface area contributed by atoms with E-state index in [0.29, 0.717) is 0 Å². The molecule has 16 heavy (non-hydrogen) atoms. The first kappa shape index (κ1) is 12.7. The molecule has 0 radical (unpaired) electrons. The van der Waals surface area contributed by atoms with Gasteiger partial charge in [-0.15, -0.1) is 0 Å². The molecule has 86 valence electrons. The molecule has 0 atom stereocenters. The van der Waals surface area contributed by atoms with E-state index in [4.69, 9.17) is 27.9 Å². The molecule has 0 aliphatic rings. The number of rotatable bonds is 3. The molecule has 7 heteroatoms. The van der Waals surface area contributed by atoms with Crippen molar-refractivity contribution in [1.82, 2.24) is 0 Å². The van der Waals surface area contributed by atoms with Gasteiger partial charge >= 0.3 is 5.97 Å². The second-order valence-electron chi connectivity index (χ2n) is 3.03. The van der Waals surface area contributed by atoms with E-state index in [2.05, 4.69) is 0 Å². The highest BCUT2D eigenvalue weighted by Crippen LogP contribution is 2.24. The third-order valence-electron chi connectivity index (χ3n) is 1.62. The summed E-state index contributed by atoms with van der Waals surface area (Å²) >= 11 is 11.0. The van der Waals surface area contributed by atoms with Crippen LogP contribution in [0.15, 0.2) is 24.3 Å². The predicted octanol–water partition coefficient (Wildman–Crippen LogP) is 2.69. The molecule has 0 aliphatic carbocycles. The molecule has 0 spiro atoms. The highest BCUT2D eigenvalue weighted by atomic mass is 35.5. The summed E-state index contributed by atoms with van der Waals surface area (Å²) in [6.07, 6.45) is 0. The lowest BCUT2D eigenvalue weighted by molar-refractivity contribution is -0.384. The van der Waals surface area contributed by atoms with Crippen molar-refractivity contribution in [2.75, 3.05) is 0 Å². The number of carbonyl (C=O) groups is 1. The van der Waals surface area contributed by atoms with Crippen LogP contribution in [0, 0.1) is 10.1 Å². The number of esters is 1. The van der Waals surface area contributed by atoms with Crippen LogP contribution in [0.5, 0.6) is 5.75 Å². The molecule has 0 aromatic heterocycles. The molecule has 0 saturated heterocycles. The molecule has 0 saturated carbocycles. The zero-order valence-electron chi connectivity index (χ0n) is 8.15. The summed E-state index contributed by atoms with van der Waals surface area (Å²) in [5.41, 5.74) is -0.0979. The third kappa shape index (κ3) is 3.36. The maximum Gasteiger partial charge on any atom is 0.347 e. The molecular weight excluding hydrogens is 257 g/mol. The fourth-order valence-electron chi connectivity index (χ4n) is 0.833. The first-order chi connectivity index (χ1) is 7.30. The van der Waals surface area contributed by atoms with Gasteiger partial charge in [-0.3, -0.25) is 10.1 Å². The fraction of sp³-hybridized carbons (Fsp3) is 0.222. The number of carbonyl (C=O) groups excluding carboxylic acids is 1. The molecule has 1 aromatic rings. The van der Waals surface area contributed by atoms with Gasteiger partial charge in [0.2, 0.25) is 4.33 Å².